The summed E-state index contributed by atoms with van der Waals surface area (Å²) in [6.07, 6.45) is 0. The van der Waals surface area contributed by atoms with E-state index in [-0.39, 0.29) is 5.69 Å². The second-order valence-corrected chi connectivity index (χ2v) is 5.73. The minimum Gasteiger partial charge on any atom is -0.399 e. The Morgan fingerprint density at radius 1 is 1.22 bits per heavy atom. The Morgan fingerprint density at radius 2 is 1.96 bits per heavy atom. The molecule has 0 aliphatic carbocycles. The fourth-order valence-electron chi connectivity index (χ4n) is 2.64. The van der Waals surface area contributed by atoms with Crippen LogP contribution in [0.2, 0.25) is 5.02 Å². The number of nitrogens with two attached hydrogens (primary N) is 1. The van der Waals surface area contributed by atoms with Gasteiger partial charge in [0.1, 0.15) is 5.82 Å². The summed E-state index contributed by atoms with van der Waals surface area (Å²) in [5, 5.41) is 5.43. The molecule has 114 valence electrons. The Bertz CT molecular complexity index is 1110. The van der Waals surface area contributed by atoms with Crippen LogP contribution in [0.1, 0.15) is 5.82 Å². The number of fused-ring (bicyclic) bond motifs is 3. The summed E-state index contributed by atoms with van der Waals surface area (Å²) >= 11 is 6.39. The van der Waals surface area contributed by atoms with Crippen molar-refractivity contribution in [2.45, 2.75) is 6.92 Å². The molecule has 4 rings (SSSR count). The molecule has 0 atom stereocenters. The van der Waals surface area contributed by atoms with E-state index in [4.69, 9.17) is 17.3 Å². The fourth-order valence-corrected chi connectivity index (χ4v) is 2.92. The Morgan fingerprint density at radius 3 is 2.70 bits per heavy atom. The number of benzene rings is 2. The zero-order valence-corrected chi connectivity index (χ0v) is 12.9. The second kappa shape index (κ2) is 4.82. The van der Waals surface area contributed by atoms with Gasteiger partial charge in [-0.05, 0) is 36.8 Å². The molecule has 0 spiro atoms. The van der Waals surface area contributed by atoms with Crippen LogP contribution in [-0.4, -0.2) is 19.6 Å². The number of nitrogens with one attached hydrogen (secondary N) is 1. The van der Waals surface area contributed by atoms with Gasteiger partial charge in [0, 0.05) is 16.6 Å². The van der Waals surface area contributed by atoms with Gasteiger partial charge in [-0.15, -0.1) is 5.10 Å². The normalized spacial score (nSPS) is 11.4. The predicted molar refractivity (Wildman–Crippen MR) is 90.7 cm³/mol. The summed E-state index contributed by atoms with van der Waals surface area (Å²) < 4.78 is 1.26. The number of aromatic nitrogens is 4. The van der Waals surface area contributed by atoms with Gasteiger partial charge >= 0.3 is 5.69 Å². The van der Waals surface area contributed by atoms with Crippen molar-refractivity contribution in [2.24, 2.45) is 0 Å². The molecular formula is C16H12ClN5O. The average Bonchev–Trinajstić information content (AvgIpc) is 2.90. The maximum Gasteiger partial charge on any atom is 0.348 e. The van der Waals surface area contributed by atoms with Gasteiger partial charge in [0.05, 0.1) is 10.5 Å². The van der Waals surface area contributed by atoms with Crippen LogP contribution in [0.25, 0.3) is 27.7 Å². The Kier molecular flexibility index (Phi) is 2.89. The van der Waals surface area contributed by atoms with E-state index in [1.54, 1.807) is 13.0 Å². The number of aromatic amines is 1. The lowest BCUT2D eigenvalue weighted by atomic mass is 10.0. The van der Waals surface area contributed by atoms with Gasteiger partial charge in [-0.25, -0.2) is 9.78 Å². The van der Waals surface area contributed by atoms with Crippen LogP contribution in [0, 0.1) is 6.92 Å². The van der Waals surface area contributed by atoms with Gasteiger partial charge < -0.3 is 10.7 Å². The molecule has 0 radical (unpaired) electrons. The van der Waals surface area contributed by atoms with E-state index >= 15 is 0 Å². The smallest absolute Gasteiger partial charge is 0.348 e. The molecule has 0 saturated carbocycles. The molecule has 2 aromatic heterocycles. The maximum absolute atomic E-state index is 12.1. The first-order valence-corrected chi connectivity index (χ1v) is 7.35. The first-order chi connectivity index (χ1) is 11.0. The van der Waals surface area contributed by atoms with E-state index in [1.165, 1.54) is 4.52 Å². The number of rotatable bonds is 1. The molecular weight excluding hydrogens is 314 g/mol. The van der Waals surface area contributed by atoms with Gasteiger partial charge in [-0.1, -0.05) is 23.7 Å². The highest BCUT2D eigenvalue weighted by molar-refractivity contribution is 6.34. The first-order valence-electron chi connectivity index (χ1n) is 6.98. The quantitative estimate of drug-likeness (QED) is 0.527. The number of hydrogen-bond donors (Lipinski definition) is 2. The summed E-state index contributed by atoms with van der Waals surface area (Å²) in [5.74, 6) is 0.534. The minimum atomic E-state index is -0.343. The molecule has 2 heterocycles. The molecule has 4 aromatic rings. The van der Waals surface area contributed by atoms with E-state index < -0.39 is 0 Å². The molecule has 0 aliphatic rings. The predicted octanol–water partition coefficient (Wildman–Crippen LogP) is 2.78. The molecule has 7 heteroatoms. The van der Waals surface area contributed by atoms with Crippen LogP contribution in [0.3, 0.4) is 0 Å². The molecule has 3 N–H and O–H groups in total. The highest BCUT2D eigenvalue weighted by Crippen LogP contribution is 2.32. The van der Waals surface area contributed by atoms with Crippen LogP contribution >= 0.6 is 11.6 Å². The van der Waals surface area contributed by atoms with Gasteiger partial charge in [-0.2, -0.15) is 4.52 Å². The zero-order valence-electron chi connectivity index (χ0n) is 12.2. The lowest BCUT2D eigenvalue weighted by Crippen LogP contribution is -2.17. The molecule has 0 amide bonds. The highest BCUT2D eigenvalue weighted by Gasteiger charge is 2.13. The van der Waals surface area contributed by atoms with Crippen molar-refractivity contribution < 1.29 is 0 Å². The summed E-state index contributed by atoms with van der Waals surface area (Å²) in [5.41, 5.74) is 8.99. The van der Waals surface area contributed by atoms with Crippen molar-refractivity contribution in [2.75, 3.05) is 5.73 Å². The topological polar surface area (TPSA) is 89.1 Å². The largest absolute Gasteiger partial charge is 0.399 e. The van der Waals surface area contributed by atoms with E-state index in [9.17, 15) is 4.79 Å². The van der Waals surface area contributed by atoms with Crippen LogP contribution in [-0.2, 0) is 0 Å². The molecule has 0 saturated heterocycles. The Labute approximate surface area is 135 Å². The lowest BCUT2D eigenvalue weighted by molar-refractivity contribution is 0.863. The number of hydrogen-bond acceptors (Lipinski definition) is 4. The molecule has 0 unspecified atom stereocenters. The van der Waals surface area contributed by atoms with E-state index in [1.807, 2.05) is 30.3 Å². The standard InChI is InChI=1S/C16H12ClN5O/c1-8-19-15-12-6-11(9-2-4-10(18)5-3-9)13(17)7-14(12)20-16(23)22(15)21-8/h2-7H,18H2,1H3,(H,20,23). The number of nitrogen functional groups attached to an aromatic ring is 1. The maximum atomic E-state index is 12.1. The van der Waals surface area contributed by atoms with Crippen molar-refractivity contribution in [3.05, 3.63) is 57.7 Å². The second-order valence-electron chi connectivity index (χ2n) is 5.32. The molecule has 0 fully saturated rings. The number of halogens is 1. The SMILES string of the molecule is Cc1nc2c3cc(-c4ccc(N)cc4)c(Cl)cc3[nH]c(=O)n2n1. The third-order valence-electron chi connectivity index (χ3n) is 3.72. The summed E-state index contributed by atoms with van der Waals surface area (Å²) in [4.78, 5) is 19.2. The molecule has 6 nitrogen and oxygen atoms in total. The van der Waals surface area contributed by atoms with Crippen molar-refractivity contribution in [1.29, 1.82) is 0 Å². The van der Waals surface area contributed by atoms with Crippen LogP contribution < -0.4 is 11.4 Å². The number of anilines is 1. The molecule has 0 bridgehead atoms. The first kappa shape index (κ1) is 13.8. The van der Waals surface area contributed by atoms with Crippen molar-refractivity contribution >= 4 is 33.8 Å². The number of nitrogens with zero attached hydrogens (tertiary/aromatic N) is 3. The van der Waals surface area contributed by atoms with Gasteiger partial charge in [0.15, 0.2) is 5.65 Å². The van der Waals surface area contributed by atoms with Gasteiger partial charge in [0.2, 0.25) is 0 Å². The van der Waals surface area contributed by atoms with E-state index in [0.29, 0.717) is 27.7 Å². The monoisotopic (exact) mass is 325 g/mol. The third kappa shape index (κ3) is 2.15. The van der Waals surface area contributed by atoms with Crippen LogP contribution in [0.15, 0.2) is 41.2 Å². The summed E-state index contributed by atoms with van der Waals surface area (Å²) in [6.45, 7) is 1.75. The highest BCUT2D eigenvalue weighted by atomic mass is 35.5. The van der Waals surface area contributed by atoms with Crippen LogP contribution in [0.5, 0.6) is 0 Å². The Hall–Kier alpha value is -2.86. The molecule has 0 aliphatic heterocycles. The van der Waals surface area contributed by atoms with Gasteiger partial charge in [-0.3, -0.25) is 0 Å². The third-order valence-corrected chi connectivity index (χ3v) is 4.03. The summed E-state index contributed by atoms with van der Waals surface area (Å²) in [6, 6.07) is 11.1. The van der Waals surface area contributed by atoms with Crippen molar-refractivity contribution in [3.8, 4) is 11.1 Å². The van der Waals surface area contributed by atoms with Gasteiger partial charge in [0.25, 0.3) is 0 Å². The number of aryl methyl sites for hydroxylation is 1. The van der Waals surface area contributed by atoms with Crippen molar-refractivity contribution in [3.63, 3.8) is 0 Å². The summed E-state index contributed by atoms with van der Waals surface area (Å²) in [7, 11) is 0. The van der Waals surface area contributed by atoms with Crippen LogP contribution in [0.4, 0.5) is 5.69 Å². The molecule has 2 aromatic carbocycles. The fraction of sp³-hybridized carbons (Fsp3) is 0.0625. The van der Waals surface area contributed by atoms with E-state index in [0.717, 1.165) is 16.5 Å². The minimum absolute atomic E-state index is 0.343. The van der Waals surface area contributed by atoms with E-state index in [2.05, 4.69) is 15.1 Å². The number of H-pyrrole nitrogens is 1. The average molecular weight is 326 g/mol. The zero-order chi connectivity index (χ0) is 16.1. The van der Waals surface area contributed by atoms with Crippen molar-refractivity contribution in [1.82, 2.24) is 19.6 Å². The Balaban J connectivity index is 2.09. The molecule has 23 heavy (non-hydrogen) atoms. The lowest BCUT2D eigenvalue weighted by Gasteiger charge is -2.08.